The number of amides is 1. The maximum absolute atomic E-state index is 12.1. The molecule has 2 aromatic heterocycles. The molecule has 3 rings (SSSR count). The summed E-state index contributed by atoms with van der Waals surface area (Å²) in [4.78, 5) is 16.5. The summed E-state index contributed by atoms with van der Waals surface area (Å²) in [7, 11) is 1.74. The molecule has 0 bridgehead atoms. The molecule has 1 amide bonds. The largest absolute Gasteiger partial charge is 0.372 e. The van der Waals surface area contributed by atoms with Gasteiger partial charge in [0.2, 0.25) is 0 Å². The summed E-state index contributed by atoms with van der Waals surface area (Å²) < 4.78 is 1.04. The van der Waals surface area contributed by atoms with Crippen LogP contribution in [-0.4, -0.2) is 28.1 Å². The molecule has 0 aliphatic heterocycles. The molecule has 21 heavy (non-hydrogen) atoms. The standard InChI is InChI=1S/C14H13N5OS/c1-8-3-4-9-11(7-8)21-14(16-9)17-13(20)10-5-6-12(15-2)19-18-10/h3-7H,1-2H3,(H,15,19)(H,16,17,20). The second-order valence-electron chi connectivity index (χ2n) is 4.50. The first-order valence-electron chi connectivity index (χ1n) is 6.36. The minimum atomic E-state index is -0.319. The van der Waals surface area contributed by atoms with Crippen LogP contribution < -0.4 is 10.6 Å². The van der Waals surface area contributed by atoms with Crippen molar-refractivity contribution in [2.24, 2.45) is 0 Å². The van der Waals surface area contributed by atoms with Crippen LogP contribution in [0.4, 0.5) is 10.9 Å². The molecule has 3 aromatic rings. The molecule has 2 heterocycles. The third kappa shape index (κ3) is 2.82. The molecular weight excluding hydrogens is 286 g/mol. The van der Waals surface area contributed by atoms with Crippen LogP contribution in [0.1, 0.15) is 16.1 Å². The van der Waals surface area contributed by atoms with E-state index in [-0.39, 0.29) is 11.6 Å². The van der Waals surface area contributed by atoms with Gasteiger partial charge in [0.15, 0.2) is 10.8 Å². The summed E-state index contributed by atoms with van der Waals surface area (Å²) in [6.07, 6.45) is 0. The van der Waals surface area contributed by atoms with Gasteiger partial charge in [-0.1, -0.05) is 17.4 Å². The fourth-order valence-electron chi connectivity index (χ4n) is 1.83. The predicted molar refractivity (Wildman–Crippen MR) is 83.9 cm³/mol. The Kier molecular flexibility index (Phi) is 3.49. The Morgan fingerprint density at radius 1 is 1.19 bits per heavy atom. The van der Waals surface area contributed by atoms with Gasteiger partial charge in [0.25, 0.3) is 5.91 Å². The minimum Gasteiger partial charge on any atom is -0.372 e. The molecule has 0 radical (unpaired) electrons. The van der Waals surface area contributed by atoms with Crippen LogP contribution in [0.3, 0.4) is 0 Å². The number of fused-ring (bicyclic) bond motifs is 1. The van der Waals surface area contributed by atoms with E-state index in [1.165, 1.54) is 11.3 Å². The maximum Gasteiger partial charge on any atom is 0.277 e. The Hall–Kier alpha value is -2.54. The van der Waals surface area contributed by atoms with E-state index in [4.69, 9.17) is 0 Å². The highest BCUT2D eigenvalue weighted by Gasteiger charge is 2.11. The summed E-state index contributed by atoms with van der Waals surface area (Å²) in [6.45, 7) is 2.02. The Morgan fingerprint density at radius 3 is 2.76 bits per heavy atom. The quantitative estimate of drug-likeness (QED) is 0.777. The van der Waals surface area contributed by atoms with E-state index >= 15 is 0 Å². The van der Waals surface area contributed by atoms with Gasteiger partial charge in [-0.05, 0) is 36.8 Å². The minimum absolute atomic E-state index is 0.254. The normalized spacial score (nSPS) is 10.6. The van der Waals surface area contributed by atoms with Crippen molar-refractivity contribution in [3.63, 3.8) is 0 Å². The molecule has 0 aliphatic carbocycles. The number of benzene rings is 1. The van der Waals surface area contributed by atoms with E-state index in [9.17, 15) is 4.79 Å². The summed E-state index contributed by atoms with van der Waals surface area (Å²) in [5.41, 5.74) is 2.29. The SMILES string of the molecule is CNc1ccc(C(=O)Nc2nc3ccc(C)cc3s2)nn1. The highest BCUT2D eigenvalue weighted by Crippen LogP contribution is 2.26. The molecule has 7 heteroatoms. The van der Waals surface area contributed by atoms with Gasteiger partial charge in [0.05, 0.1) is 10.2 Å². The summed E-state index contributed by atoms with van der Waals surface area (Å²) >= 11 is 1.44. The van der Waals surface area contributed by atoms with Gasteiger partial charge in [-0.3, -0.25) is 10.1 Å². The zero-order chi connectivity index (χ0) is 14.8. The topological polar surface area (TPSA) is 79.8 Å². The van der Waals surface area contributed by atoms with Crippen molar-refractivity contribution in [1.29, 1.82) is 0 Å². The highest BCUT2D eigenvalue weighted by atomic mass is 32.1. The number of nitrogens with zero attached hydrogens (tertiary/aromatic N) is 3. The van der Waals surface area contributed by atoms with Gasteiger partial charge in [-0.2, -0.15) is 0 Å². The number of nitrogens with one attached hydrogen (secondary N) is 2. The number of carbonyl (C=O) groups is 1. The molecule has 0 spiro atoms. The average Bonchev–Trinajstić information content (AvgIpc) is 2.88. The van der Waals surface area contributed by atoms with E-state index in [0.717, 1.165) is 15.8 Å². The van der Waals surface area contributed by atoms with Crippen molar-refractivity contribution < 1.29 is 4.79 Å². The molecule has 0 atom stereocenters. The van der Waals surface area contributed by atoms with Crippen LogP contribution in [0, 0.1) is 6.92 Å². The molecule has 1 aromatic carbocycles. The van der Waals surface area contributed by atoms with E-state index in [1.807, 2.05) is 25.1 Å². The lowest BCUT2D eigenvalue weighted by molar-refractivity contribution is 0.102. The number of carbonyl (C=O) groups excluding carboxylic acids is 1. The maximum atomic E-state index is 12.1. The van der Waals surface area contributed by atoms with Crippen molar-refractivity contribution in [2.45, 2.75) is 6.92 Å². The molecule has 2 N–H and O–H groups in total. The number of anilines is 2. The first-order valence-corrected chi connectivity index (χ1v) is 7.17. The summed E-state index contributed by atoms with van der Waals surface area (Å²) in [6, 6.07) is 9.30. The fourth-order valence-corrected chi connectivity index (χ4v) is 2.79. The first-order chi connectivity index (χ1) is 10.2. The summed E-state index contributed by atoms with van der Waals surface area (Å²) in [5, 5.41) is 13.9. The zero-order valence-corrected chi connectivity index (χ0v) is 12.4. The van der Waals surface area contributed by atoms with Crippen LogP contribution in [-0.2, 0) is 0 Å². The lowest BCUT2D eigenvalue weighted by Gasteiger charge is -2.01. The first kappa shape index (κ1) is 13.4. The van der Waals surface area contributed by atoms with Gasteiger partial charge in [-0.25, -0.2) is 4.98 Å². The molecular formula is C14H13N5OS. The van der Waals surface area contributed by atoms with Crippen molar-refractivity contribution >= 4 is 38.4 Å². The van der Waals surface area contributed by atoms with E-state index in [1.54, 1.807) is 19.2 Å². The Morgan fingerprint density at radius 2 is 2.05 bits per heavy atom. The van der Waals surface area contributed by atoms with Crippen LogP contribution >= 0.6 is 11.3 Å². The van der Waals surface area contributed by atoms with Crippen LogP contribution in [0.25, 0.3) is 10.2 Å². The third-order valence-corrected chi connectivity index (χ3v) is 3.85. The number of hydrogen-bond donors (Lipinski definition) is 2. The molecule has 6 nitrogen and oxygen atoms in total. The Labute approximate surface area is 125 Å². The van der Waals surface area contributed by atoms with E-state index in [2.05, 4.69) is 25.8 Å². The van der Waals surface area contributed by atoms with Crippen molar-refractivity contribution in [3.05, 3.63) is 41.6 Å². The summed E-state index contributed by atoms with van der Waals surface area (Å²) in [5.74, 6) is 0.294. The highest BCUT2D eigenvalue weighted by molar-refractivity contribution is 7.22. The van der Waals surface area contributed by atoms with Gasteiger partial charge in [0, 0.05) is 7.05 Å². The van der Waals surface area contributed by atoms with Gasteiger partial charge in [0.1, 0.15) is 5.82 Å². The molecule has 0 saturated heterocycles. The molecule has 0 saturated carbocycles. The lowest BCUT2D eigenvalue weighted by Crippen LogP contribution is -2.14. The van der Waals surface area contributed by atoms with Gasteiger partial charge >= 0.3 is 0 Å². The van der Waals surface area contributed by atoms with E-state index < -0.39 is 0 Å². The molecule has 0 fully saturated rings. The van der Waals surface area contributed by atoms with Crippen LogP contribution in [0.5, 0.6) is 0 Å². The second kappa shape index (κ2) is 5.45. The van der Waals surface area contributed by atoms with Crippen LogP contribution in [0.15, 0.2) is 30.3 Å². The van der Waals surface area contributed by atoms with Crippen molar-refractivity contribution in [1.82, 2.24) is 15.2 Å². The molecule has 106 valence electrons. The number of aromatic nitrogens is 3. The molecule has 0 unspecified atom stereocenters. The Bertz CT molecular complexity index is 797. The fraction of sp³-hybridized carbons (Fsp3) is 0.143. The zero-order valence-electron chi connectivity index (χ0n) is 11.5. The number of aryl methyl sites for hydroxylation is 1. The van der Waals surface area contributed by atoms with Crippen molar-refractivity contribution in [3.8, 4) is 0 Å². The molecule has 0 aliphatic rings. The number of hydrogen-bond acceptors (Lipinski definition) is 6. The second-order valence-corrected chi connectivity index (χ2v) is 5.53. The third-order valence-electron chi connectivity index (χ3n) is 2.92. The average molecular weight is 299 g/mol. The smallest absolute Gasteiger partial charge is 0.277 e. The van der Waals surface area contributed by atoms with E-state index in [0.29, 0.717) is 10.9 Å². The lowest BCUT2D eigenvalue weighted by atomic mass is 10.2. The monoisotopic (exact) mass is 299 g/mol. The van der Waals surface area contributed by atoms with Gasteiger partial charge in [-0.15, -0.1) is 10.2 Å². The van der Waals surface area contributed by atoms with Crippen LogP contribution in [0.2, 0.25) is 0 Å². The predicted octanol–water partition coefficient (Wildman–Crippen LogP) is 2.69. The number of thiazole rings is 1. The number of rotatable bonds is 3. The Balaban J connectivity index is 1.81. The van der Waals surface area contributed by atoms with Gasteiger partial charge < -0.3 is 5.32 Å². The van der Waals surface area contributed by atoms with Crippen molar-refractivity contribution in [2.75, 3.05) is 17.7 Å².